The maximum absolute atomic E-state index is 12.1. The zero-order valence-corrected chi connectivity index (χ0v) is 9.91. The second kappa shape index (κ2) is 4.42. The molecule has 2 aliphatic heterocycles. The van der Waals surface area contributed by atoms with Crippen molar-refractivity contribution in [2.45, 2.75) is 12.6 Å². The van der Waals surface area contributed by atoms with E-state index in [0.717, 1.165) is 5.56 Å². The Hall–Kier alpha value is -1.88. The molecule has 5 nitrogen and oxygen atoms in total. The fourth-order valence-corrected chi connectivity index (χ4v) is 2.38. The van der Waals surface area contributed by atoms with Crippen molar-refractivity contribution in [2.75, 3.05) is 19.8 Å². The van der Waals surface area contributed by atoms with Crippen molar-refractivity contribution < 1.29 is 14.3 Å². The predicted molar refractivity (Wildman–Crippen MR) is 63.7 cm³/mol. The quantitative estimate of drug-likeness (QED) is 0.727. The van der Waals surface area contributed by atoms with Crippen molar-refractivity contribution in [3.63, 3.8) is 0 Å². The lowest BCUT2D eigenvalue weighted by atomic mass is 10.2. The molecule has 0 unspecified atom stereocenters. The number of morpholine rings is 1. The Labute approximate surface area is 105 Å². The second-order valence-corrected chi connectivity index (χ2v) is 4.48. The van der Waals surface area contributed by atoms with Gasteiger partial charge >= 0.3 is 6.03 Å². The number of urea groups is 1. The lowest BCUT2D eigenvalue weighted by molar-refractivity contribution is -0.131. The van der Waals surface area contributed by atoms with Crippen molar-refractivity contribution in [1.82, 2.24) is 9.80 Å². The Bertz CT molecular complexity index is 450. The summed E-state index contributed by atoms with van der Waals surface area (Å²) < 4.78 is 5.26. The Morgan fingerprint density at radius 2 is 2.00 bits per heavy atom. The van der Waals surface area contributed by atoms with Crippen LogP contribution >= 0.6 is 0 Å². The van der Waals surface area contributed by atoms with Crippen molar-refractivity contribution in [3.05, 3.63) is 35.9 Å². The minimum atomic E-state index is -0.421. The molecular formula is C13H14N2O3. The molecule has 0 aliphatic carbocycles. The van der Waals surface area contributed by atoms with Crippen LogP contribution in [-0.2, 0) is 16.1 Å². The summed E-state index contributed by atoms with van der Waals surface area (Å²) in [6.45, 7) is 1.66. The highest BCUT2D eigenvalue weighted by Gasteiger charge is 2.46. The zero-order chi connectivity index (χ0) is 12.5. The third kappa shape index (κ3) is 1.76. The Kier molecular flexibility index (Phi) is 2.76. The highest BCUT2D eigenvalue weighted by atomic mass is 16.5. The van der Waals surface area contributed by atoms with Gasteiger partial charge in [-0.15, -0.1) is 0 Å². The maximum atomic E-state index is 12.1. The summed E-state index contributed by atoms with van der Waals surface area (Å²) in [5, 5.41) is 0. The van der Waals surface area contributed by atoms with Gasteiger partial charge in [0, 0.05) is 6.54 Å². The lowest BCUT2D eigenvalue weighted by Gasteiger charge is -2.26. The van der Waals surface area contributed by atoms with Crippen LogP contribution in [0.3, 0.4) is 0 Å². The third-order valence-corrected chi connectivity index (χ3v) is 3.34. The van der Waals surface area contributed by atoms with Crippen LogP contribution in [0, 0.1) is 0 Å². The molecule has 1 aromatic rings. The topological polar surface area (TPSA) is 49.9 Å². The van der Waals surface area contributed by atoms with Crippen LogP contribution in [0.2, 0.25) is 0 Å². The normalized spacial score (nSPS) is 23.4. The van der Waals surface area contributed by atoms with E-state index in [1.54, 1.807) is 4.90 Å². The van der Waals surface area contributed by atoms with Gasteiger partial charge in [0.2, 0.25) is 0 Å². The molecule has 0 saturated carbocycles. The Morgan fingerprint density at radius 3 is 2.72 bits per heavy atom. The second-order valence-electron chi connectivity index (χ2n) is 4.48. The first-order valence-electron chi connectivity index (χ1n) is 6.01. The summed E-state index contributed by atoms with van der Waals surface area (Å²) in [5.74, 6) is -0.149. The number of nitrogens with zero attached hydrogens (tertiary/aromatic N) is 2. The van der Waals surface area contributed by atoms with Gasteiger partial charge in [0.1, 0.15) is 6.04 Å². The van der Waals surface area contributed by atoms with Gasteiger partial charge in [-0.2, -0.15) is 0 Å². The molecule has 0 bridgehead atoms. The van der Waals surface area contributed by atoms with Crippen LogP contribution in [0.25, 0.3) is 0 Å². The molecule has 3 rings (SSSR count). The highest BCUT2D eigenvalue weighted by Crippen LogP contribution is 2.22. The predicted octanol–water partition coefficient (Wildman–Crippen LogP) is 0.850. The molecule has 2 fully saturated rings. The van der Waals surface area contributed by atoms with Gasteiger partial charge in [-0.3, -0.25) is 9.69 Å². The molecule has 1 atom stereocenters. The van der Waals surface area contributed by atoms with Gasteiger partial charge in [-0.1, -0.05) is 30.3 Å². The molecule has 2 saturated heterocycles. The van der Waals surface area contributed by atoms with Gasteiger partial charge in [-0.25, -0.2) is 4.79 Å². The Morgan fingerprint density at radius 1 is 1.22 bits per heavy atom. The van der Waals surface area contributed by atoms with E-state index in [1.807, 2.05) is 30.3 Å². The zero-order valence-electron chi connectivity index (χ0n) is 9.91. The summed E-state index contributed by atoms with van der Waals surface area (Å²) >= 11 is 0. The van der Waals surface area contributed by atoms with E-state index < -0.39 is 6.04 Å². The average Bonchev–Trinajstić information content (AvgIpc) is 2.66. The molecule has 0 spiro atoms. The standard InChI is InChI=1S/C13H14N2O3/c16-12-11-9-18-7-6-14(11)13(17)15(12)8-10-4-2-1-3-5-10/h1-5,11H,6-9H2/t11-/m0/s1. The number of ether oxygens (including phenoxy) is 1. The fraction of sp³-hybridized carbons (Fsp3) is 0.385. The van der Waals surface area contributed by atoms with Gasteiger partial charge in [0.05, 0.1) is 19.8 Å². The van der Waals surface area contributed by atoms with E-state index in [-0.39, 0.29) is 11.9 Å². The minimum Gasteiger partial charge on any atom is -0.377 e. The molecule has 1 aromatic carbocycles. The summed E-state index contributed by atoms with van der Waals surface area (Å²) in [6.07, 6.45) is 0. The third-order valence-electron chi connectivity index (χ3n) is 3.34. The molecule has 0 radical (unpaired) electrons. The van der Waals surface area contributed by atoms with E-state index in [2.05, 4.69) is 0 Å². The first-order chi connectivity index (χ1) is 8.77. The summed E-state index contributed by atoms with van der Waals surface area (Å²) in [5.41, 5.74) is 0.958. The van der Waals surface area contributed by atoms with Crippen molar-refractivity contribution in [1.29, 1.82) is 0 Å². The van der Waals surface area contributed by atoms with E-state index in [4.69, 9.17) is 4.74 Å². The smallest absolute Gasteiger partial charge is 0.327 e. The van der Waals surface area contributed by atoms with Crippen LogP contribution in [0.1, 0.15) is 5.56 Å². The van der Waals surface area contributed by atoms with Crippen molar-refractivity contribution >= 4 is 11.9 Å². The first-order valence-corrected chi connectivity index (χ1v) is 6.01. The highest BCUT2D eigenvalue weighted by molar-refractivity contribution is 6.04. The lowest BCUT2D eigenvalue weighted by Crippen LogP contribution is -2.45. The molecule has 2 aliphatic rings. The number of fused-ring (bicyclic) bond motifs is 1. The number of benzene rings is 1. The van der Waals surface area contributed by atoms with E-state index in [9.17, 15) is 9.59 Å². The number of rotatable bonds is 2. The number of carbonyl (C=O) groups is 2. The molecule has 94 valence electrons. The van der Waals surface area contributed by atoms with E-state index >= 15 is 0 Å². The molecule has 0 N–H and O–H groups in total. The number of amides is 3. The first kappa shape index (κ1) is 11.2. The maximum Gasteiger partial charge on any atom is 0.327 e. The van der Waals surface area contributed by atoms with Gasteiger partial charge in [-0.05, 0) is 5.56 Å². The molecular weight excluding hydrogens is 232 g/mol. The van der Waals surface area contributed by atoms with Crippen LogP contribution in [0.4, 0.5) is 4.79 Å². The SMILES string of the molecule is O=C1[C@@H]2COCCN2C(=O)N1Cc1ccccc1. The molecule has 3 amide bonds. The number of hydrogen-bond donors (Lipinski definition) is 0. The summed E-state index contributed by atoms with van der Waals surface area (Å²) in [7, 11) is 0. The van der Waals surface area contributed by atoms with Crippen LogP contribution in [0.15, 0.2) is 30.3 Å². The van der Waals surface area contributed by atoms with Gasteiger partial charge < -0.3 is 9.64 Å². The van der Waals surface area contributed by atoms with Crippen molar-refractivity contribution in [2.24, 2.45) is 0 Å². The molecule has 18 heavy (non-hydrogen) atoms. The van der Waals surface area contributed by atoms with Gasteiger partial charge in [0.15, 0.2) is 0 Å². The van der Waals surface area contributed by atoms with Crippen LogP contribution in [-0.4, -0.2) is 47.5 Å². The minimum absolute atomic E-state index is 0.149. The molecule has 0 aromatic heterocycles. The van der Waals surface area contributed by atoms with Crippen LogP contribution < -0.4 is 0 Å². The monoisotopic (exact) mass is 246 g/mol. The fourth-order valence-electron chi connectivity index (χ4n) is 2.38. The number of imide groups is 1. The van der Waals surface area contributed by atoms with Crippen molar-refractivity contribution in [3.8, 4) is 0 Å². The number of hydrogen-bond acceptors (Lipinski definition) is 3. The summed E-state index contributed by atoms with van der Waals surface area (Å²) in [6, 6.07) is 8.91. The average molecular weight is 246 g/mol. The summed E-state index contributed by atoms with van der Waals surface area (Å²) in [4.78, 5) is 27.2. The van der Waals surface area contributed by atoms with E-state index in [0.29, 0.717) is 26.3 Å². The van der Waals surface area contributed by atoms with E-state index in [1.165, 1.54) is 4.90 Å². The Balaban J connectivity index is 1.80. The van der Waals surface area contributed by atoms with Gasteiger partial charge in [0.25, 0.3) is 5.91 Å². The molecule has 5 heteroatoms. The van der Waals surface area contributed by atoms with Crippen LogP contribution in [0.5, 0.6) is 0 Å². The largest absolute Gasteiger partial charge is 0.377 e. The molecule has 2 heterocycles. The number of carbonyl (C=O) groups excluding carboxylic acids is 2.